The number of ether oxygens (including phenoxy) is 3. The fraction of sp³-hybridized carbons (Fsp3) is 0.233. The predicted molar refractivity (Wildman–Crippen MR) is 162 cm³/mol. The summed E-state index contributed by atoms with van der Waals surface area (Å²) in [6, 6.07) is 15.0. The second-order valence-electron chi connectivity index (χ2n) is 9.38. The number of nitrogens with zero attached hydrogens (tertiary/aromatic N) is 2. The minimum Gasteiger partial charge on any atom is -0.495 e. The van der Waals surface area contributed by atoms with Crippen LogP contribution in [-0.4, -0.2) is 55.4 Å². The summed E-state index contributed by atoms with van der Waals surface area (Å²) >= 11 is 13.5. The van der Waals surface area contributed by atoms with Crippen LogP contribution >= 0.6 is 23.2 Å². The quantitative estimate of drug-likeness (QED) is 0.201. The van der Waals surface area contributed by atoms with Gasteiger partial charge in [-0.25, -0.2) is 9.97 Å². The van der Waals surface area contributed by atoms with Crippen molar-refractivity contribution < 1.29 is 19.0 Å². The van der Waals surface area contributed by atoms with E-state index in [1.165, 1.54) is 20.3 Å². The zero-order valence-electron chi connectivity index (χ0n) is 22.5. The molecule has 212 valence electrons. The molecule has 5 rings (SSSR count). The third-order valence-corrected chi connectivity index (χ3v) is 7.52. The highest BCUT2D eigenvalue weighted by Gasteiger charge is 2.29. The summed E-state index contributed by atoms with van der Waals surface area (Å²) < 4.78 is 16.5. The topological polar surface area (TPSA) is 107 Å². The third-order valence-electron chi connectivity index (χ3n) is 6.77. The fourth-order valence-electron chi connectivity index (χ4n) is 4.65. The highest BCUT2D eigenvalue weighted by Crippen LogP contribution is 2.46. The summed E-state index contributed by atoms with van der Waals surface area (Å²) in [5.74, 6) is 1.80. The molecule has 0 bridgehead atoms. The molecule has 0 aliphatic carbocycles. The lowest BCUT2D eigenvalue weighted by Gasteiger charge is -2.21. The first-order chi connectivity index (χ1) is 19.9. The number of amides is 1. The number of rotatable bonds is 10. The van der Waals surface area contributed by atoms with Gasteiger partial charge in [0.15, 0.2) is 0 Å². The zero-order valence-corrected chi connectivity index (χ0v) is 24.1. The van der Waals surface area contributed by atoms with Crippen LogP contribution in [0.4, 0.5) is 11.6 Å². The lowest BCUT2D eigenvalue weighted by atomic mass is 10.1. The number of carbonyl (C=O) groups is 1. The molecule has 11 heteroatoms. The van der Waals surface area contributed by atoms with E-state index in [2.05, 4.69) is 27.5 Å². The van der Waals surface area contributed by atoms with E-state index < -0.39 is 0 Å². The van der Waals surface area contributed by atoms with Crippen LogP contribution in [-0.2, 0) is 16.1 Å². The van der Waals surface area contributed by atoms with Crippen molar-refractivity contribution in [2.45, 2.75) is 18.6 Å². The van der Waals surface area contributed by atoms with Crippen LogP contribution in [0, 0.1) is 0 Å². The number of methoxy groups -OCH3 is 2. The average molecular weight is 594 g/mol. The molecule has 2 atom stereocenters. The molecule has 0 spiro atoms. The van der Waals surface area contributed by atoms with Gasteiger partial charge in [-0.05, 0) is 23.8 Å². The Labute approximate surface area is 247 Å². The van der Waals surface area contributed by atoms with Crippen molar-refractivity contribution in [1.82, 2.24) is 15.3 Å². The van der Waals surface area contributed by atoms with E-state index in [-0.39, 0.29) is 18.0 Å². The van der Waals surface area contributed by atoms with Crippen molar-refractivity contribution in [2.24, 2.45) is 0 Å². The van der Waals surface area contributed by atoms with Gasteiger partial charge in [0, 0.05) is 35.1 Å². The molecule has 3 N–H and O–H groups in total. The Morgan fingerprint density at radius 3 is 2.46 bits per heavy atom. The number of nitrogens with one attached hydrogen (secondary N) is 3. The molecule has 1 unspecified atom stereocenters. The largest absolute Gasteiger partial charge is 0.495 e. The second-order valence-corrected chi connectivity index (χ2v) is 10.1. The van der Waals surface area contributed by atoms with E-state index >= 15 is 0 Å². The number of benzene rings is 2. The SMILES string of the molecule is C=CC(=O)NC1COC[C@H]1Nc1cc2c(NCc3ccccc3)nc(-c3c(Cl)c(OC)cc(OC)c3Cl)cc2cn1. The molecule has 0 saturated carbocycles. The van der Waals surface area contributed by atoms with Crippen LogP contribution in [0.1, 0.15) is 5.56 Å². The minimum atomic E-state index is -0.255. The van der Waals surface area contributed by atoms with Gasteiger partial charge in [0.1, 0.15) is 23.1 Å². The Kier molecular flexibility index (Phi) is 8.78. The van der Waals surface area contributed by atoms with Gasteiger partial charge in [0.05, 0.1) is 55.3 Å². The molecule has 41 heavy (non-hydrogen) atoms. The van der Waals surface area contributed by atoms with E-state index in [1.54, 1.807) is 12.3 Å². The summed E-state index contributed by atoms with van der Waals surface area (Å²) in [4.78, 5) is 21.5. The molecule has 4 aromatic rings. The van der Waals surface area contributed by atoms with E-state index in [1.807, 2.05) is 42.5 Å². The van der Waals surface area contributed by atoms with Crippen molar-refractivity contribution in [1.29, 1.82) is 0 Å². The van der Waals surface area contributed by atoms with E-state index in [0.717, 1.165) is 16.3 Å². The molecule has 9 nitrogen and oxygen atoms in total. The fourth-order valence-corrected chi connectivity index (χ4v) is 5.34. The normalized spacial score (nSPS) is 16.3. The highest BCUT2D eigenvalue weighted by atomic mass is 35.5. The standard InChI is InChI=1S/C30H29Cl2N5O4/c1-4-26(38)36-22-16-41-15-21(22)35-25-11-19-18(14-33-25)10-20(37-30(19)34-13-17-8-6-5-7-9-17)27-28(31)23(39-2)12-24(40-3)29(27)32/h4-12,14,21-22H,1,13,15-16H2,2-3H3,(H,33,35)(H,34,37)(H,36,38)/t21-,22?/m1/s1. The number of fused-ring (bicyclic) bond motifs is 1. The lowest BCUT2D eigenvalue weighted by molar-refractivity contribution is -0.117. The number of anilines is 2. The van der Waals surface area contributed by atoms with Gasteiger partial charge in [0.2, 0.25) is 5.91 Å². The third kappa shape index (κ3) is 6.17. The molecule has 1 fully saturated rings. The van der Waals surface area contributed by atoms with Gasteiger partial charge >= 0.3 is 0 Å². The van der Waals surface area contributed by atoms with E-state index in [9.17, 15) is 4.79 Å². The smallest absolute Gasteiger partial charge is 0.243 e. The Morgan fingerprint density at radius 1 is 1.07 bits per heavy atom. The van der Waals surface area contributed by atoms with Gasteiger partial charge in [0.25, 0.3) is 0 Å². The molecule has 2 aromatic carbocycles. The second kappa shape index (κ2) is 12.6. The van der Waals surface area contributed by atoms with Gasteiger partial charge < -0.3 is 30.2 Å². The van der Waals surface area contributed by atoms with Gasteiger partial charge in [-0.15, -0.1) is 0 Å². The maximum atomic E-state index is 11.9. The Hall–Kier alpha value is -4.05. The molecular formula is C30H29Cl2N5O4. The maximum absolute atomic E-state index is 11.9. The number of carbonyl (C=O) groups excluding carboxylic acids is 1. The molecule has 1 saturated heterocycles. The first kappa shape index (κ1) is 28.5. The number of hydrogen-bond acceptors (Lipinski definition) is 8. The average Bonchev–Trinajstić information content (AvgIpc) is 3.42. The van der Waals surface area contributed by atoms with Crippen LogP contribution in [0.3, 0.4) is 0 Å². The van der Waals surface area contributed by atoms with Crippen molar-refractivity contribution >= 4 is 51.5 Å². The first-order valence-corrected chi connectivity index (χ1v) is 13.6. The van der Waals surface area contributed by atoms with Crippen LogP contribution in [0.25, 0.3) is 22.0 Å². The first-order valence-electron chi connectivity index (χ1n) is 12.9. The molecule has 1 amide bonds. The van der Waals surface area contributed by atoms with Gasteiger partial charge in [-0.1, -0.05) is 60.1 Å². The summed E-state index contributed by atoms with van der Waals surface area (Å²) in [6.45, 7) is 4.88. The molecule has 3 heterocycles. The summed E-state index contributed by atoms with van der Waals surface area (Å²) in [6.07, 6.45) is 3.00. The summed E-state index contributed by atoms with van der Waals surface area (Å²) in [5, 5.41) is 12.0. The monoisotopic (exact) mass is 593 g/mol. The summed E-state index contributed by atoms with van der Waals surface area (Å²) in [5.41, 5.74) is 2.10. The summed E-state index contributed by atoms with van der Waals surface area (Å²) in [7, 11) is 3.06. The Bertz CT molecular complexity index is 1560. The zero-order chi connectivity index (χ0) is 28.9. The van der Waals surface area contributed by atoms with Crippen LogP contribution < -0.4 is 25.4 Å². The number of halogens is 2. The van der Waals surface area contributed by atoms with Gasteiger partial charge in [-0.3, -0.25) is 4.79 Å². The molecular weight excluding hydrogens is 565 g/mol. The number of pyridine rings is 2. The molecule has 1 aliphatic heterocycles. The van der Waals surface area contributed by atoms with Crippen molar-refractivity contribution in [2.75, 3.05) is 38.1 Å². The van der Waals surface area contributed by atoms with Crippen molar-refractivity contribution in [3.05, 3.63) is 83.0 Å². The lowest BCUT2D eigenvalue weighted by Crippen LogP contribution is -2.45. The van der Waals surface area contributed by atoms with Gasteiger partial charge in [-0.2, -0.15) is 0 Å². The van der Waals surface area contributed by atoms with Crippen LogP contribution in [0.2, 0.25) is 10.0 Å². The highest BCUT2D eigenvalue weighted by molar-refractivity contribution is 6.41. The number of aromatic nitrogens is 2. The van der Waals surface area contributed by atoms with E-state index in [4.69, 9.17) is 42.4 Å². The Balaban J connectivity index is 1.57. The van der Waals surface area contributed by atoms with Crippen molar-refractivity contribution in [3.8, 4) is 22.8 Å². The predicted octanol–water partition coefficient (Wildman–Crippen LogP) is 5.71. The molecule has 0 radical (unpaired) electrons. The van der Waals surface area contributed by atoms with Crippen molar-refractivity contribution in [3.63, 3.8) is 0 Å². The van der Waals surface area contributed by atoms with Crippen LogP contribution in [0.15, 0.2) is 67.4 Å². The molecule has 1 aliphatic rings. The van der Waals surface area contributed by atoms with E-state index in [0.29, 0.717) is 64.2 Å². The minimum absolute atomic E-state index is 0.168. The Morgan fingerprint density at radius 2 is 1.78 bits per heavy atom. The maximum Gasteiger partial charge on any atom is 0.243 e. The number of hydrogen-bond donors (Lipinski definition) is 3. The van der Waals surface area contributed by atoms with Crippen LogP contribution in [0.5, 0.6) is 11.5 Å². The molecule has 2 aromatic heterocycles.